The number of benzene rings is 5. The van der Waals surface area contributed by atoms with Crippen molar-refractivity contribution in [2.45, 2.75) is 52.4 Å². The molecule has 0 saturated heterocycles. The van der Waals surface area contributed by atoms with Gasteiger partial charge in [-0.25, -0.2) is 0 Å². The molecule has 0 spiro atoms. The first-order valence-electron chi connectivity index (χ1n) is 16.4. The van der Waals surface area contributed by atoms with Crippen LogP contribution in [-0.2, 0) is 34.7 Å². The summed E-state index contributed by atoms with van der Waals surface area (Å²) in [5.74, 6) is 0. The molecule has 0 bridgehead atoms. The third kappa shape index (κ3) is 10.8. The molecule has 6 heteroatoms. The molecule has 7 rings (SSSR count). The molecule has 0 N–H and O–H groups in total. The first kappa shape index (κ1) is 42.9. The van der Waals surface area contributed by atoms with E-state index in [1.54, 1.807) is 6.07 Å². The van der Waals surface area contributed by atoms with Gasteiger partial charge in [-0.1, -0.05) is 129 Å². The van der Waals surface area contributed by atoms with E-state index in [0.717, 1.165) is 35.0 Å². The van der Waals surface area contributed by atoms with Gasteiger partial charge in [0, 0.05) is 5.02 Å². The van der Waals surface area contributed by atoms with Crippen LogP contribution in [0.3, 0.4) is 0 Å². The van der Waals surface area contributed by atoms with E-state index in [9.17, 15) is 0 Å². The summed E-state index contributed by atoms with van der Waals surface area (Å²) in [7, 11) is 0. The third-order valence-corrected chi connectivity index (χ3v) is 11.9. The summed E-state index contributed by atoms with van der Waals surface area (Å²) in [4.78, 5) is 0. The molecule has 0 fully saturated rings. The molecule has 0 amide bonds. The summed E-state index contributed by atoms with van der Waals surface area (Å²) < 4.78 is 1.46. The van der Waals surface area contributed by atoms with Gasteiger partial charge in [0.25, 0.3) is 0 Å². The van der Waals surface area contributed by atoms with E-state index < -0.39 is 0 Å². The van der Waals surface area contributed by atoms with Crippen LogP contribution >= 0.6 is 34.8 Å². The molecule has 51 heavy (non-hydrogen) atoms. The van der Waals surface area contributed by atoms with Gasteiger partial charge in [0.2, 0.25) is 0 Å². The summed E-state index contributed by atoms with van der Waals surface area (Å²) in [5, 5.41) is 6.87. The molecular formula is C45H41Cl5Hf-2. The topological polar surface area (TPSA) is 0 Å². The molecule has 0 aliphatic rings. The molecule has 0 radical (unpaired) electrons. The number of hydrogen-bond donors (Lipinski definition) is 0. The molecule has 0 aromatic heterocycles. The van der Waals surface area contributed by atoms with Crippen molar-refractivity contribution in [3.63, 3.8) is 0 Å². The second-order valence-electron chi connectivity index (χ2n) is 14.3. The summed E-state index contributed by atoms with van der Waals surface area (Å²) >= 11 is 18.9. The predicted octanol–water partition coefficient (Wildman–Crippen LogP) is 8.15. The maximum absolute atomic E-state index is 6.07. The molecule has 0 heterocycles. The Morgan fingerprint density at radius 3 is 1.43 bits per heavy atom. The summed E-state index contributed by atoms with van der Waals surface area (Å²) in [6.07, 6.45) is 0. The molecule has 0 nitrogen and oxygen atoms in total. The second kappa shape index (κ2) is 18.5. The summed E-state index contributed by atoms with van der Waals surface area (Å²) in [6, 6.07) is 48.8. The van der Waals surface area contributed by atoms with Gasteiger partial charge in [-0.2, -0.15) is 18.2 Å². The van der Waals surface area contributed by atoms with Gasteiger partial charge in [0.1, 0.15) is 0 Å². The Bertz CT molecular complexity index is 2060. The van der Waals surface area contributed by atoms with Gasteiger partial charge in [-0.15, -0.1) is 51.4 Å². The van der Waals surface area contributed by atoms with E-state index in [2.05, 4.69) is 145 Å². The number of fused-ring (bicyclic) bond motifs is 3. The van der Waals surface area contributed by atoms with Crippen molar-refractivity contribution in [1.82, 2.24) is 0 Å². The van der Waals surface area contributed by atoms with Crippen molar-refractivity contribution in [2.75, 3.05) is 0 Å². The van der Waals surface area contributed by atoms with Gasteiger partial charge in [-0.05, 0) is 10.8 Å². The van der Waals surface area contributed by atoms with E-state index in [4.69, 9.17) is 34.8 Å². The first-order chi connectivity index (χ1) is 23.2. The molecule has 0 aliphatic carbocycles. The van der Waals surface area contributed by atoms with Crippen molar-refractivity contribution in [3.05, 3.63) is 177 Å². The third-order valence-electron chi connectivity index (χ3n) is 8.57. The SMILES string of the molecule is CC(C)(C)c1ccc2c(c1)[cH-]c1cc(C(C)(C)C)ccc12.Clc1ccc(-c2ccc[cH-]2)c(Cl)c1Cl.[Cl-].[Cl-].[Hf+2]=[C](c1ccccc1)c1ccccc1. The van der Waals surface area contributed by atoms with Crippen LogP contribution in [-0.4, -0.2) is 3.26 Å². The van der Waals surface area contributed by atoms with Gasteiger partial charge in [0.15, 0.2) is 0 Å². The Hall–Kier alpha value is -2.49. The van der Waals surface area contributed by atoms with Crippen LogP contribution in [0.2, 0.25) is 15.1 Å². The Kier molecular flexibility index (Phi) is 15.6. The van der Waals surface area contributed by atoms with Gasteiger partial charge in [-0.3, -0.25) is 0 Å². The van der Waals surface area contributed by atoms with Crippen LogP contribution in [0.4, 0.5) is 0 Å². The Morgan fingerprint density at radius 2 is 1.02 bits per heavy atom. The fraction of sp³-hybridized carbons (Fsp3) is 0.178. The van der Waals surface area contributed by atoms with Crippen molar-refractivity contribution >= 4 is 59.6 Å². The molecular weight excluding hydrogens is 896 g/mol. The number of rotatable bonds is 3. The fourth-order valence-corrected chi connectivity index (χ4v) is 7.48. The Labute approximate surface area is 345 Å². The van der Waals surface area contributed by atoms with Crippen molar-refractivity contribution in [3.8, 4) is 11.1 Å². The van der Waals surface area contributed by atoms with Crippen LogP contribution in [0.15, 0.2) is 140 Å². The molecule has 7 aromatic rings. The van der Waals surface area contributed by atoms with Crippen LogP contribution < -0.4 is 24.8 Å². The van der Waals surface area contributed by atoms with E-state index in [1.165, 1.54) is 47.1 Å². The zero-order valence-electron chi connectivity index (χ0n) is 29.7. The van der Waals surface area contributed by atoms with Crippen molar-refractivity contribution in [2.24, 2.45) is 0 Å². The zero-order chi connectivity index (χ0) is 35.3. The molecule has 262 valence electrons. The van der Waals surface area contributed by atoms with Gasteiger partial charge < -0.3 is 24.8 Å². The van der Waals surface area contributed by atoms with Crippen LogP contribution in [0, 0.1) is 0 Å². The first-order valence-corrected chi connectivity index (χ1v) is 19.4. The van der Waals surface area contributed by atoms with E-state index in [0.29, 0.717) is 15.1 Å². The number of halogens is 5. The van der Waals surface area contributed by atoms with Gasteiger partial charge in [0.05, 0.1) is 10.0 Å². The van der Waals surface area contributed by atoms with E-state index >= 15 is 0 Å². The van der Waals surface area contributed by atoms with Crippen LogP contribution in [0.1, 0.15) is 63.8 Å². The molecule has 0 atom stereocenters. The molecule has 0 unspecified atom stereocenters. The molecule has 7 aromatic carbocycles. The predicted molar refractivity (Wildman–Crippen MR) is 213 cm³/mol. The quantitative estimate of drug-likeness (QED) is 0.0955. The Balaban J connectivity index is 0.000000209. The average Bonchev–Trinajstić information content (AvgIpc) is 3.75. The fourth-order valence-electron chi connectivity index (χ4n) is 5.63. The Morgan fingerprint density at radius 1 is 0.549 bits per heavy atom. The van der Waals surface area contributed by atoms with E-state index in [1.807, 2.05) is 30.3 Å². The maximum atomic E-state index is 6.07. The summed E-state index contributed by atoms with van der Waals surface area (Å²) in [6.45, 7) is 13.6. The zero-order valence-corrected chi connectivity index (χ0v) is 37.0. The molecule has 0 aliphatic heterocycles. The monoisotopic (exact) mass is 936 g/mol. The van der Waals surface area contributed by atoms with Gasteiger partial charge >= 0.3 is 98.9 Å². The van der Waals surface area contributed by atoms with Crippen LogP contribution in [0.5, 0.6) is 0 Å². The summed E-state index contributed by atoms with van der Waals surface area (Å²) in [5.41, 5.74) is 7.88. The normalized spacial score (nSPS) is 11.0. The minimum absolute atomic E-state index is 0. The van der Waals surface area contributed by atoms with Crippen molar-refractivity contribution in [1.29, 1.82) is 0 Å². The average molecular weight is 938 g/mol. The minimum atomic E-state index is 0. The number of hydrogen-bond acceptors (Lipinski definition) is 0. The second-order valence-corrected chi connectivity index (χ2v) is 17.2. The van der Waals surface area contributed by atoms with E-state index in [-0.39, 0.29) is 35.6 Å². The van der Waals surface area contributed by atoms with Crippen molar-refractivity contribution < 1.29 is 48.7 Å². The molecule has 0 saturated carbocycles. The standard InChI is InChI=1S/C21H25.C13H10.C11H6Cl3.2ClH.Hf/c1-20(2,3)16-7-9-18-14(12-16)11-15-13-17(21(4,5)6)8-10-19(15)18;1-3-7-12(8-4-1)11-13-9-5-2-6-10-13;12-9-6-5-8(10(13)11(9)14)7-3-1-2-4-7;;;/h7-13H,1-6H3;1-10H;1-6H;2*1H;/q-1;;-1;;;+2/p-2. The van der Waals surface area contributed by atoms with Crippen LogP contribution in [0.25, 0.3) is 32.7 Å².